The maximum Gasteiger partial charge on any atom is 0.159 e. The molecule has 0 spiro atoms. The lowest BCUT2D eigenvalue weighted by Crippen LogP contribution is -2.09. The number of benzene rings is 14. The van der Waals surface area contributed by atoms with Gasteiger partial charge in [0, 0.05) is 77.7 Å². The summed E-state index contributed by atoms with van der Waals surface area (Å²) in [7, 11) is 0. The van der Waals surface area contributed by atoms with E-state index in [1.165, 1.54) is 10.8 Å². The van der Waals surface area contributed by atoms with Crippen LogP contribution in [0.3, 0.4) is 0 Å². The Hall–Kier alpha value is -11.3. The number of para-hydroxylation sites is 4. The van der Waals surface area contributed by atoms with Crippen LogP contribution >= 0.6 is 0 Å². The highest BCUT2D eigenvalue weighted by molar-refractivity contribution is 6.26. The zero-order valence-electron chi connectivity index (χ0n) is 45.1. The molecule has 6 nitrogen and oxygen atoms in total. The van der Waals surface area contributed by atoms with Crippen LogP contribution in [0.25, 0.3) is 142 Å². The summed E-state index contributed by atoms with van der Waals surface area (Å²) in [6, 6.07) is 98.7. The smallest absolute Gasteiger partial charge is 0.159 e. The number of anilines is 6. The largest absolute Gasteiger partial charge is 0.456 e. The first-order chi connectivity index (χ1) is 41.6. The summed E-state index contributed by atoms with van der Waals surface area (Å²) in [5.74, 6) is 0. The molecular weight excluding hydrogens is 1030 g/mol. The van der Waals surface area contributed by atoms with Crippen molar-refractivity contribution < 1.29 is 17.7 Å². The summed E-state index contributed by atoms with van der Waals surface area (Å²) < 4.78 is 28.1. The summed E-state index contributed by atoms with van der Waals surface area (Å²) >= 11 is 0. The van der Waals surface area contributed by atoms with E-state index in [1.54, 1.807) is 0 Å². The third kappa shape index (κ3) is 7.04. The molecule has 0 aliphatic carbocycles. The molecule has 6 heteroatoms. The lowest BCUT2D eigenvalue weighted by molar-refractivity contribution is 0.668. The molecule has 4 aromatic heterocycles. The third-order valence-electron chi connectivity index (χ3n) is 17.1. The fraction of sp³-hybridized carbons (Fsp3) is 0. The number of furan rings is 4. The molecule has 18 rings (SSSR count). The molecule has 0 N–H and O–H groups in total. The molecule has 0 unspecified atom stereocenters. The average Bonchev–Trinajstić information content (AvgIpc) is 2.74. The topological polar surface area (TPSA) is 59.0 Å². The van der Waals surface area contributed by atoms with Crippen LogP contribution in [0.2, 0.25) is 0 Å². The Balaban J connectivity index is 0.752. The minimum Gasteiger partial charge on any atom is -0.456 e. The van der Waals surface area contributed by atoms with E-state index in [1.807, 2.05) is 0 Å². The Kier molecular flexibility index (Phi) is 9.99. The molecule has 84 heavy (non-hydrogen) atoms. The molecule has 18 aromatic rings. The molecule has 0 saturated carbocycles. The first kappa shape index (κ1) is 46.4. The van der Waals surface area contributed by atoms with Gasteiger partial charge in [-0.25, -0.2) is 0 Å². The Labute approximate surface area is 480 Å². The molecule has 0 bridgehead atoms. The van der Waals surface area contributed by atoms with E-state index < -0.39 is 0 Å². The maximum atomic E-state index is 7.16. The van der Waals surface area contributed by atoms with Crippen molar-refractivity contribution in [3.8, 4) is 22.3 Å². The second-order valence-corrected chi connectivity index (χ2v) is 21.9. The van der Waals surface area contributed by atoms with E-state index in [0.29, 0.717) is 0 Å². The van der Waals surface area contributed by atoms with Gasteiger partial charge in [0.2, 0.25) is 0 Å². The molecule has 392 valence electrons. The predicted octanol–water partition coefficient (Wildman–Crippen LogP) is 23.0. The lowest BCUT2D eigenvalue weighted by atomic mass is 9.96. The summed E-state index contributed by atoms with van der Waals surface area (Å²) in [6.45, 7) is 0. The maximum absolute atomic E-state index is 7.16. The molecule has 4 heterocycles. The highest BCUT2D eigenvalue weighted by atomic mass is 16.3. The minimum atomic E-state index is 0.792. The highest BCUT2D eigenvalue weighted by Crippen LogP contribution is 2.50. The van der Waals surface area contributed by atoms with Crippen LogP contribution in [0.4, 0.5) is 34.1 Å². The molecule has 0 fully saturated rings. The monoisotopic (exact) mass is 1070 g/mol. The molecule has 0 aliphatic rings. The molecule has 0 aliphatic heterocycles. The number of nitrogens with zero attached hydrogens (tertiary/aromatic N) is 2. The summed E-state index contributed by atoms with van der Waals surface area (Å²) in [6.07, 6.45) is 0. The van der Waals surface area contributed by atoms with Crippen molar-refractivity contribution in [3.63, 3.8) is 0 Å². The van der Waals surface area contributed by atoms with E-state index in [4.69, 9.17) is 17.7 Å². The fourth-order valence-corrected chi connectivity index (χ4v) is 13.3. The Morgan fingerprint density at radius 2 is 0.595 bits per heavy atom. The number of fused-ring (bicyclic) bond motifs is 17. The van der Waals surface area contributed by atoms with E-state index in [2.05, 4.69) is 289 Å². The van der Waals surface area contributed by atoms with Gasteiger partial charge in [-0.3, -0.25) is 0 Å². The van der Waals surface area contributed by atoms with Crippen LogP contribution in [0.1, 0.15) is 0 Å². The predicted molar refractivity (Wildman–Crippen MR) is 348 cm³/mol. The van der Waals surface area contributed by atoms with E-state index in [9.17, 15) is 0 Å². The van der Waals surface area contributed by atoms with Crippen molar-refractivity contribution in [1.82, 2.24) is 0 Å². The van der Waals surface area contributed by atoms with Gasteiger partial charge in [-0.15, -0.1) is 0 Å². The van der Waals surface area contributed by atoms with Gasteiger partial charge in [-0.1, -0.05) is 170 Å². The highest BCUT2D eigenvalue weighted by Gasteiger charge is 2.26. The molecule has 0 atom stereocenters. The Morgan fingerprint density at radius 1 is 0.214 bits per heavy atom. The molecule has 14 aromatic carbocycles. The van der Waals surface area contributed by atoms with Crippen LogP contribution in [0, 0.1) is 0 Å². The number of rotatable bonds is 8. The van der Waals surface area contributed by atoms with Gasteiger partial charge in [-0.05, 0) is 141 Å². The first-order valence-electron chi connectivity index (χ1n) is 28.5. The van der Waals surface area contributed by atoms with Gasteiger partial charge in [0.1, 0.15) is 33.5 Å². The minimum absolute atomic E-state index is 0.792. The van der Waals surface area contributed by atoms with E-state index in [0.717, 1.165) is 166 Å². The lowest BCUT2D eigenvalue weighted by Gasteiger charge is -2.25. The van der Waals surface area contributed by atoms with Crippen molar-refractivity contribution in [2.45, 2.75) is 0 Å². The summed E-state index contributed by atoms with van der Waals surface area (Å²) in [5, 5.41) is 15.3. The van der Waals surface area contributed by atoms with E-state index >= 15 is 0 Å². The van der Waals surface area contributed by atoms with Crippen LogP contribution < -0.4 is 9.80 Å². The van der Waals surface area contributed by atoms with Crippen LogP contribution in [-0.4, -0.2) is 0 Å². The third-order valence-corrected chi connectivity index (χ3v) is 17.1. The number of hydrogen-bond donors (Lipinski definition) is 0. The van der Waals surface area contributed by atoms with Crippen molar-refractivity contribution in [2.24, 2.45) is 0 Å². The average molecular weight is 1080 g/mol. The standard InChI is InChI=1S/C78H46N2O4/c1-5-19-47(20-6-1)63-39-49-23-13-15-29-57(49)73-61-31-17-33-67(75(61)83-77(63)73)79(53-25-9-3-10-26-53)55-35-37-59-65-41-51-44-70-66(42-52(51)43-69(65)81-71(59)45-55)60-38-36-56(46-72(60)82-70)80(54-27-11-4-12-28-54)68-34-18-32-62-74-58-30-16-14-24-50(58)40-64(78(74)84-76(62)68)48-21-7-2-8-22-48/h1-46H. The summed E-state index contributed by atoms with van der Waals surface area (Å²) in [5.41, 5.74) is 16.7. The fourth-order valence-electron chi connectivity index (χ4n) is 13.3. The van der Waals surface area contributed by atoms with Crippen LogP contribution in [0.5, 0.6) is 0 Å². The van der Waals surface area contributed by atoms with Gasteiger partial charge in [0.05, 0.1) is 22.7 Å². The second-order valence-electron chi connectivity index (χ2n) is 21.9. The number of hydrogen-bond acceptors (Lipinski definition) is 6. The van der Waals surface area contributed by atoms with Gasteiger partial charge >= 0.3 is 0 Å². The second kappa shape index (κ2) is 18.1. The van der Waals surface area contributed by atoms with Crippen molar-refractivity contribution in [2.75, 3.05) is 9.80 Å². The van der Waals surface area contributed by atoms with Gasteiger partial charge in [0.25, 0.3) is 0 Å². The van der Waals surface area contributed by atoms with Gasteiger partial charge in [0.15, 0.2) is 11.2 Å². The zero-order chi connectivity index (χ0) is 55.0. The van der Waals surface area contributed by atoms with E-state index in [-0.39, 0.29) is 0 Å². The Bertz CT molecular complexity index is 5330. The Morgan fingerprint density at radius 3 is 1.04 bits per heavy atom. The van der Waals surface area contributed by atoms with Crippen molar-refractivity contribution >= 4 is 154 Å². The van der Waals surface area contributed by atoms with Crippen molar-refractivity contribution in [3.05, 3.63) is 279 Å². The molecule has 0 amide bonds. The normalized spacial score (nSPS) is 12.0. The first-order valence-corrected chi connectivity index (χ1v) is 28.5. The van der Waals surface area contributed by atoms with Crippen LogP contribution in [0.15, 0.2) is 297 Å². The quantitative estimate of drug-likeness (QED) is 0.151. The zero-order valence-corrected chi connectivity index (χ0v) is 45.1. The van der Waals surface area contributed by atoms with Gasteiger partial charge < -0.3 is 27.5 Å². The SMILES string of the molecule is c1ccc(-c2cc3ccccc3c3c2oc2c(N(c4ccccc4)c4ccc5c(c4)oc4cc6cc7c(cc6cc45)oc4cc(N(c5ccccc5)c5cccc6c5oc5c(-c8ccccc8)cc8ccccc8c56)ccc47)cccc23)cc1. The summed E-state index contributed by atoms with van der Waals surface area (Å²) in [4.78, 5) is 4.56. The molecule has 0 radical (unpaired) electrons. The molecular formula is C78H46N2O4. The van der Waals surface area contributed by atoms with Crippen LogP contribution in [-0.2, 0) is 0 Å². The molecule has 0 saturated heterocycles. The van der Waals surface area contributed by atoms with Crippen molar-refractivity contribution in [1.29, 1.82) is 0 Å². The van der Waals surface area contributed by atoms with Gasteiger partial charge in [-0.2, -0.15) is 0 Å².